The van der Waals surface area contributed by atoms with E-state index in [2.05, 4.69) is 29.8 Å². The molecule has 0 saturated heterocycles. The van der Waals surface area contributed by atoms with E-state index in [-0.39, 0.29) is 42.4 Å². The summed E-state index contributed by atoms with van der Waals surface area (Å²) in [7, 11) is 0. The second-order valence-corrected chi connectivity index (χ2v) is 16.8. The predicted octanol–water partition coefficient (Wildman–Crippen LogP) is 4.57. The summed E-state index contributed by atoms with van der Waals surface area (Å²) in [5.41, 5.74) is 7.67. The lowest BCUT2D eigenvalue weighted by atomic mass is 9.81. The van der Waals surface area contributed by atoms with E-state index in [4.69, 9.17) is 10.8 Å². The van der Waals surface area contributed by atoms with Crippen molar-refractivity contribution in [2.24, 2.45) is 34.8 Å². The van der Waals surface area contributed by atoms with Gasteiger partial charge in [-0.25, -0.2) is 13.5 Å². The van der Waals surface area contributed by atoms with E-state index in [0.717, 1.165) is 30.2 Å². The van der Waals surface area contributed by atoms with E-state index in [1.54, 1.807) is 6.20 Å². The van der Waals surface area contributed by atoms with Crippen molar-refractivity contribution in [3.63, 3.8) is 0 Å². The van der Waals surface area contributed by atoms with Crippen LogP contribution in [0.1, 0.15) is 96.0 Å². The lowest BCUT2D eigenvalue weighted by Gasteiger charge is -2.40. The van der Waals surface area contributed by atoms with Crippen LogP contribution < -0.4 is 21.7 Å². The van der Waals surface area contributed by atoms with Gasteiger partial charge in [-0.1, -0.05) is 71.4 Å². The molecule has 0 bridgehead atoms. The number of rotatable bonds is 18. The first-order chi connectivity index (χ1) is 27.1. The molecule has 3 unspecified atom stereocenters. The van der Waals surface area contributed by atoms with Crippen molar-refractivity contribution < 1.29 is 33.1 Å². The van der Waals surface area contributed by atoms with Gasteiger partial charge in [0.15, 0.2) is 0 Å². The van der Waals surface area contributed by atoms with Crippen LogP contribution in [0.15, 0.2) is 54.7 Å². The van der Waals surface area contributed by atoms with Gasteiger partial charge < -0.3 is 31.7 Å². The number of nitrogens with zero attached hydrogens (tertiary/aromatic N) is 3. The van der Waals surface area contributed by atoms with Gasteiger partial charge in [-0.3, -0.25) is 19.2 Å². The number of carbonyl (C=O) groups is 4. The number of benzene rings is 2. The van der Waals surface area contributed by atoms with Crippen LogP contribution in [0.3, 0.4) is 0 Å². The molecule has 0 aliphatic heterocycles. The van der Waals surface area contributed by atoms with Gasteiger partial charge in [-0.05, 0) is 66.5 Å². The Morgan fingerprint density at radius 1 is 1.04 bits per heavy atom. The Hall–Kier alpha value is -4.69. The molecular formula is C43H59F2N7O5. The van der Waals surface area contributed by atoms with Crippen LogP contribution in [0.25, 0.3) is 5.69 Å². The lowest BCUT2D eigenvalue weighted by molar-refractivity contribution is -0.140. The first-order valence-electron chi connectivity index (χ1n) is 20.2. The van der Waals surface area contributed by atoms with Crippen LogP contribution in [-0.4, -0.2) is 81.7 Å². The summed E-state index contributed by atoms with van der Waals surface area (Å²) in [4.78, 5) is 53.5. The van der Waals surface area contributed by atoms with Crippen molar-refractivity contribution in [1.29, 1.82) is 0 Å². The van der Waals surface area contributed by atoms with Crippen molar-refractivity contribution in [2.75, 3.05) is 26.2 Å². The molecule has 1 aromatic heterocycles. The average Bonchev–Trinajstić information content (AvgIpc) is 3.46. The fraction of sp³-hybridized carbons (Fsp3) is 0.558. The van der Waals surface area contributed by atoms with Crippen molar-refractivity contribution >= 4 is 23.6 Å². The van der Waals surface area contributed by atoms with Crippen LogP contribution >= 0.6 is 0 Å². The van der Waals surface area contributed by atoms with Crippen LogP contribution in [0.5, 0.6) is 0 Å². The monoisotopic (exact) mass is 791 g/mol. The quantitative estimate of drug-likeness (QED) is 0.118. The molecule has 6 N–H and O–H groups in total. The minimum absolute atomic E-state index is 0.00696. The lowest BCUT2D eigenvalue weighted by Crippen LogP contribution is -2.49. The Kier molecular flexibility index (Phi) is 14.6. The van der Waals surface area contributed by atoms with Crippen LogP contribution in [-0.2, 0) is 25.6 Å². The van der Waals surface area contributed by atoms with Crippen LogP contribution in [0.2, 0.25) is 0 Å². The predicted molar refractivity (Wildman–Crippen MR) is 213 cm³/mol. The summed E-state index contributed by atoms with van der Waals surface area (Å²) in [5, 5.41) is 23.7. The number of nitrogens with two attached hydrogens (primary N) is 1. The molecule has 2 fully saturated rings. The number of aliphatic hydroxyl groups excluding tert-OH is 1. The van der Waals surface area contributed by atoms with Crippen LogP contribution in [0, 0.1) is 40.7 Å². The van der Waals surface area contributed by atoms with Crippen molar-refractivity contribution in [2.45, 2.75) is 97.7 Å². The zero-order valence-corrected chi connectivity index (χ0v) is 33.8. The minimum atomic E-state index is -1.01. The molecule has 5 rings (SSSR count). The number of carbonyl (C=O) groups excluding carboxylic acids is 4. The third-order valence-corrected chi connectivity index (χ3v) is 11.6. The summed E-state index contributed by atoms with van der Waals surface area (Å²) in [6, 6.07) is 10.6. The average molecular weight is 792 g/mol. The number of nitrogens with one attached hydrogen (secondary N) is 3. The number of amides is 4. The Morgan fingerprint density at radius 2 is 1.75 bits per heavy atom. The third kappa shape index (κ3) is 11.2. The molecule has 0 spiro atoms. The highest BCUT2D eigenvalue weighted by atomic mass is 19.1. The van der Waals surface area contributed by atoms with Gasteiger partial charge >= 0.3 is 0 Å². The van der Waals surface area contributed by atoms with E-state index in [0.29, 0.717) is 74.2 Å². The van der Waals surface area contributed by atoms with Gasteiger partial charge in [0.05, 0.1) is 17.8 Å². The number of aromatic nitrogens is 2. The minimum Gasteiger partial charge on any atom is -0.387 e. The smallest absolute Gasteiger partial charge is 0.248 e. The summed E-state index contributed by atoms with van der Waals surface area (Å²) >= 11 is 0. The first kappa shape index (κ1) is 43.4. The van der Waals surface area contributed by atoms with Crippen molar-refractivity contribution in [3.8, 4) is 5.69 Å². The fourth-order valence-corrected chi connectivity index (χ4v) is 8.44. The number of hydrogen-bond donors (Lipinski definition) is 5. The molecule has 12 nitrogen and oxygen atoms in total. The van der Waals surface area contributed by atoms with Crippen molar-refractivity contribution in [1.82, 2.24) is 30.6 Å². The largest absolute Gasteiger partial charge is 0.387 e. The molecule has 7 atom stereocenters. The molecule has 1 heterocycles. The highest BCUT2D eigenvalue weighted by Crippen LogP contribution is 2.50. The Balaban J connectivity index is 1.21. The van der Waals surface area contributed by atoms with Gasteiger partial charge in [0.25, 0.3) is 0 Å². The molecular weight excluding hydrogens is 733 g/mol. The second kappa shape index (κ2) is 19.2. The summed E-state index contributed by atoms with van der Waals surface area (Å²) in [6.07, 6.45) is 5.32. The molecule has 57 heavy (non-hydrogen) atoms. The van der Waals surface area contributed by atoms with Gasteiger partial charge in [-0.15, -0.1) is 0 Å². The highest BCUT2D eigenvalue weighted by molar-refractivity contribution is 5.83. The van der Waals surface area contributed by atoms with Gasteiger partial charge in [0, 0.05) is 62.3 Å². The van der Waals surface area contributed by atoms with Gasteiger partial charge in [0.1, 0.15) is 23.9 Å². The molecule has 3 aromatic rings. The molecule has 2 aromatic carbocycles. The van der Waals surface area contributed by atoms with E-state index in [1.807, 2.05) is 51.1 Å². The topological polar surface area (TPSA) is 172 Å². The van der Waals surface area contributed by atoms with E-state index in [9.17, 15) is 28.7 Å². The zero-order chi connectivity index (χ0) is 41.4. The maximum atomic E-state index is 15.0. The van der Waals surface area contributed by atoms with Crippen LogP contribution in [0.4, 0.5) is 8.78 Å². The fourth-order valence-electron chi connectivity index (χ4n) is 8.44. The summed E-state index contributed by atoms with van der Waals surface area (Å²) in [5.74, 6) is -1.07. The molecule has 2 aliphatic rings. The Labute approximate surface area is 334 Å². The SMILES string of the molecule is CCC1C(C)C1CC(=O)NCCNC(=O)[C@H]1CC[C@@H](NC(=O)[C@@H](N)CCN(C(=O)CO)[C@@H](c2nn(-c3cc(F)ccc3F)cc2Cc2ccccc2)C(C)(C)C)C1. The first-order valence-corrected chi connectivity index (χ1v) is 20.2. The second-order valence-electron chi connectivity index (χ2n) is 16.8. The van der Waals surface area contributed by atoms with E-state index < -0.39 is 47.6 Å². The standard InChI is InChI=1S/C43H59F2N7O5/c1-6-32-26(2)33(32)23-37(54)47-17-18-48-41(56)28-12-14-31(21-28)49-42(57)35(46)16-19-51(38(55)25-53)40(43(3,4)5)39-29(20-27-10-8-7-9-11-27)24-52(50-39)36-22-30(44)13-15-34(36)45/h7-11,13,15,22,24,26,28,31-33,35,40,53H,6,12,14,16-21,23,25,46H2,1-5H3,(H,47,54)(H,48,56)(H,49,57)/t26?,28-,31+,32?,33?,35-,40-/m0/s1. The molecule has 0 radical (unpaired) electrons. The molecule has 2 aliphatic carbocycles. The maximum Gasteiger partial charge on any atom is 0.248 e. The zero-order valence-electron chi connectivity index (χ0n) is 33.8. The van der Waals surface area contributed by atoms with Gasteiger partial charge in [-0.2, -0.15) is 5.10 Å². The Morgan fingerprint density at radius 3 is 2.42 bits per heavy atom. The Bertz CT molecular complexity index is 1870. The maximum absolute atomic E-state index is 15.0. The number of aliphatic hydroxyl groups is 1. The highest BCUT2D eigenvalue weighted by Gasteiger charge is 2.45. The normalized spacial score (nSPS) is 21.4. The van der Waals surface area contributed by atoms with Gasteiger partial charge in [0.2, 0.25) is 23.6 Å². The molecule has 2 saturated carbocycles. The van der Waals surface area contributed by atoms with Crippen molar-refractivity contribution in [3.05, 3.63) is 83.2 Å². The summed E-state index contributed by atoms with van der Waals surface area (Å²) in [6.45, 7) is 9.94. The molecule has 14 heteroatoms. The van der Waals surface area contributed by atoms with E-state index >= 15 is 4.39 Å². The third-order valence-electron chi connectivity index (χ3n) is 11.6. The summed E-state index contributed by atoms with van der Waals surface area (Å²) < 4.78 is 30.6. The molecule has 310 valence electrons. The van der Waals surface area contributed by atoms with E-state index in [1.165, 1.54) is 9.58 Å². The number of halogens is 2. The molecule has 4 amide bonds. The number of hydrogen-bond acceptors (Lipinski definition) is 7.